The zero-order valence-electron chi connectivity index (χ0n) is 23.5. The minimum absolute atomic E-state index is 0.0226. The molecule has 0 saturated heterocycles. The summed E-state index contributed by atoms with van der Waals surface area (Å²) in [5.41, 5.74) is 7.47. The van der Waals surface area contributed by atoms with E-state index in [1.165, 1.54) is 24.3 Å². The van der Waals surface area contributed by atoms with Crippen LogP contribution in [0.1, 0.15) is 66.3 Å². The van der Waals surface area contributed by atoms with Gasteiger partial charge in [0.15, 0.2) is 5.60 Å². The number of phenolic OH excluding ortho intramolecular Hbond substituents is 2. The smallest absolute Gasteiger partial charge is 0.340 e. The zero-order valence-corrected chi connectivity index (χ0v) is 23.5. The molecule has 13 heteroatoms. The Hall–Kier alpha value is -5.82. The molecule has 0 fully saturated rings. The second-order valence-electron chi connectivity index (χ2n) is 10.7. The average Bonchev–Trinajstić information content (AvgIpc) is 3.48. The molecule has 0 bridgehead atoms. The number of nitrogens with one attached hydrogen (secondary N) is 2. The number of aromatic amines is 1. The van der Waals surface area contributed by atoms with Gasteiger partial charge in [-0.25, -0.2) is 4.79 Å². The first-order chi connectivity index (χ1) is 21.5. The van der Waals surface area contributed by atoms with E-state index in [1.807, 2.05) is 0 Å². The third-order valence-corrected chi connectivity index (χ3v) is 7.95. The summed E-state index contributed by atoms with van der Waals surface area (Å²) in [6.45, 7) is -0.116. The number of carboxylic acids is 2. The van der Waals surface area contributed by atoms with Gasteiger partial charge in [-0.1, -0.05) is 12.1 Å². The molecule has 3 aromatic carbocycles. The SMILES string of the molecule is NCc1[nH]c(C(=O)NCc2ccc3c(c2)C(=O)OC32c3ccc(O)cc3Oc3cc(O)ccc32)c(CCC(=O)O)c1CC(=O)O. The molecule has 0 saturated carbocycles. The van der Waals surface area contributed by atoms with Crippen LogP contribution >= 0.6 is 0 Å². The Morgan fingerprint density at radius 3 is 2.11 bits per heavy atom. The number of ether oxygens (including phenoxy) is 2. The number of aromatic nitrogens is 1. The van der Waals surface area contributed by atoms with Crippen molar-refractivity contribution < 1.29 is 49.1 Å². The van der Waals surface area contributed by atoms with Gasteiger partial charge >= 0.3 is 17.9 Å². The maximum atomic E-state index is 13.4. The van der Waals surface area contributed by atoms with Crippen molar-refractivity contribution in [2.45, 2.75) is 38.0 Å². The van der Waals surface area contributed by atoms with E-state index in [2.05, 4.69) is 10.3 Å². The van der Waals surface area contributed by atoms with Gasteiger partial charge in [-0.3, -0.25) is 14.4 Å². The lowest BCUT2D eigenvalue weighted by atomic mass is 9.77. The van der Waals surface area contributed by atoms with Crippen LogP contribution in [0, 0.1) is 0 Å². The van der Waals surface area contributed by atoms with Crippen LogP contribution in [0.15, 0.2) is 54.6 Å². The summed E-state index contributed by atoms with van der Waals surface area (Å²) in [5.74, 6) is -3.14. The van der Waals surface area contributed by atoms with Gasteiger partial charge < -0.3 is 45.9 Å². The summed E-state index contributed by atoms with van der Waals surface area (Å²) in [5, 5.41) is 41.5. The van der Waals surface area contributed by atoms with E-state index >= 15 is 0 Å². The molecule has 13 nitrogen and oxygen atoms in total. The van der Waals surface area contributed by atoms with Gasteiger partial charge in [-0.2, -0.15) is 0 Å². The van der Waals surface area contributed by atoms with Crippen LogP contribution in [0.5, 0.6) is 23.0 Å². The Balaban J connectivity index is 1.33. The van der Waals surface area contributed by atoms with E-state index in [9.17, 15) is 39.6 Å². The molecule has 0 atom stereocenters. The minimum Gasteiger partial charge on any atom is -0.508 e. The van der Waals surface area contributed by atoms with Gasteiger partial charge in [0, 0.05) is 54.0 Å². The number of fused-ring (bicyclic) bond motifs is 6. The summed E-state index contributed by atoms with van der Waals surface area (Å²) in [7, 11) is 0. The van der Waals surface area contributed by atoms with Gasteiger partial charge in [0.05, 0.1) is 12.0 Å². The van der Waals surface area contributed by atoms with Crippen LogP contribution in [0.3, 0.4) is 0 Å². The number of rotatable bonds is 9. The third-order valence-electron chi connectivity index (χ3n) is 7.95. The lowest BCUT2D eigenvalue weighted by Gasteiger charge is -2.36. The minimum atomic E-state index is -1.43. The van der Waals surface area contributed by atoms with Crippen LogP contribution in [0.4, 0.5) is 0 Å². The second-order valence-corrected chi connectivity index (χ2v) is 10.7. The Morgan fingerprint density at radius 2 is 1.51 bits per heavy atom. The number of phenols is 2. The van der Waals surface area contributed by atoms with E-state index in [0.29, 0.717) is 27.9 Å². The van der Waals surface area contributed by atoms with Crippen LogP contribution in [-0.4, -0.2) is 49.2 Å². The van der Waals surface area contributed by atoms with Crippen molar-refractivity contribution >= 4 is 23.8 Å². The molecule has 0 radical (unpaired) electrons. The number of amides is 1. The molecule has 0 unspecified atom stereocenters. The highest BCUT2D eigenvalue weighted by atomic mass is 16.6. The van der Waals surface area contributed by atoms with Crippen LogP contribution < -0.4 is 15.8 Å². The number of hydrogen-bond donors (Lipinski definition) is 7. The molecule has 2 aliphatic rings. The first-order valence-corrected chi connectivity index (χ1v) is 13.9. The Labute approximate surface area is 254 Å². The number of hydrogen-bond acceptors (Lipinski definition) is 9. The van der Waals surface area contributed by atoms with Gasteiger partial charge in [-0.05, 0) is 53.4 Å². The van der Waals surface area contributed by atoms with Crippen molar-refractivity contribution in [1.82, 2.24) is 10.3 Å². The molecule has 2 aliphatic heterocycles. The first-order valence-electron chi connectivity index (χ1n) is 13.9. The molecule has 1 aromatic heterocycles. The number of benzene rings is 3. The number of esters is 1. The summed E-state index contributed by atoms with van der Waals surface area (Å²) in [4.78, 5) is 52.3. The number of nitrogens with two attached hydrogens (primary N) is 1. The summed E-state index contributed by atoms with van der Waals surface area (Å²) in [6.07, 6.45) is -0.831. The van der Waals surface area contributed by atoms with E-state index in [0.717, 1.165) is 0 Å². The van der Waals surface area contributed by atoms with Gasteiger partial charge in [0.2, 0.25) is 0 Å². The second kappa shape index (κ2) is 11.0. The van der Waals surface area contributed by atoms with Crippen molar-refractivity contribution in [2.24, 2.45) is 5.73 Å². The predicted octanol–water partition coefficient (Wildman–Crippen LogP) is 3.03. The zero-order chi connectivity index (χ0) is 32.0. The van der Waals surface area contributed by atoms with Gasteiger partial charge in [0.25, 0.3) is 5.91 Å². The number of carbonyl (C=O) groups excluding carboxylic acids is 2. The first kappa shape index (κ1) is 29.3. The third kappa shape index (κ3) is 4.98. The van der Waals surface area contributed by atoms with Crippen molar-refractivity contribution in [3.8, 4) is 23.0 Å². The fourth-order valence-corrected chi connectivity index (χ4v) is 6.01. The lowest BCUT2D eigenvalue weighted by molar-refractivity contribution is -0.137. The number of aromatic hydroxyl groups is 2. The Bertz CT molecular complexity index is 1860. The Morgan fingerprint density at radius 1 is 0.867 bits per heavy atom. The Kier molecular flexibility index (Phi) is 7.17. The fraction of sp³-hybridized carbons (Fsp3) is 0.188. The molecule has 45 heavy (non-hydrogen) atoms. The van der Waals surface area contributed by atoms with Gasteiger partial charge in [-0.15, -0.1) is 0 Å². The van der Waals surface area contributed by atoms with Crippen molar-refractivity contribution in [1.29, 1.82) is 0 Å². The fourth-order valence-electron chi connectivity index (χ4n) is 6.01. The number of aliphatic carboxylic acids is 2. The van der Waals surface area contributed by atoms with Crippen LogP contribution in [0.25, 0.3) is 0 Å². The van der Waals surface area contributed by atoms with Crippen molar-refractivity contribution in [3.63, 3.8) is 0 Å². The molecule has 230 valence electrons. The largest absolute Gasteiger partial charge is 0.508 e. The maximum Gasteiger partial charge on any atom is 0.340 e. The standard InChI is InChI=1S/C32H27N3O10/c33-13-24-19(12-28(40)41)18(4-8-27(38)39)29(35-24)30(42)34-14-15-1-5-21-20(9-15)31(43)45-32(21)22-6-2-16(36)10-25(22)44-26-11-17(37)3-7-23(26)32/h1-3,5-7,9-11,35-37H,4,8,12-14,33H2,(H,34,42)(H,38,39)(H,40,41). The van der Waals surface area contributed by atoms with E-state index in [1.54, 1.807) is 30.3 Å². The lowest BCUT2D eigenvalue weighted by Crippen LogP contribution is -2.32. The monoisotopic (exact) mass is 613 g/mol. The van der Waals surface area contributed by atoms with E-state index < -0.39 is 35.8 Å². The molecular formula is C32H27N3O10. The topological polar surface area (TPSA) is 221 Å². The molecule has 1 spiro atoms. The summed E-state index contributed by atoms with van der Waals surface area (Å²) >= 11 is 0. The molecule has 0 aliphatic carbocycles. The summed E-state index contributed by atoms with van der Waals surface area (Å²) < 4.78 is 12.0. The highest BCUT2D eigenvalue weighted by Gasteiger charge is 2.53. The molecule has 3 heterocycles. The van der Waals surface area contributed by atoms with Crippen molar-refractivity contribution in [3.05, 3.63) is 105 Å². The van der Waals surface area contributed by atoms with Gasteiger partial charge in [0.1, 0.15) is 28.7 Å². The number of carbonyl (C=O) groups is 4. The highest BCUT2D eigenvalue weighted by molar-refractivity contribution is 5.98. The van der Waals surface area contributed by atoms with Crippen molar-refractivity contribution in [2.75, 3.05) is 0 Å². The molecule has 4 aromatic rings. The normalized spacial score (nSPS) is 13.8. The van der Waals surface area contributed by atoms with Crippen LogP contribution in [-0.2, 0) is 45.9 Å². The molecule has 1 amide bonds. The molecular weight excluding hydrogens is 586 g/mol. The maximum absolute atomic E-state index is 13.4. The van der Waals surface area contributed by atoms with E-state index in [4.69, 9.17) is 15.2 Å². The average molecular weight is 614 g/mol. The highest BCUT2D eigenvalue weighted by Crippen LogP contribution is 2.57. The number of carboxylic acid groups (broad SMARTS) is 2. The van der Waals surface area contributed by atoms with E-state index in [-0.39, 0.29) is 71.3 Å². The number of H-pyrrole nitrogens is 1. The molecule has 6 rings (SSSR count). The molecule has 8 N–H and O–H groups in total. The predicted molar refractivity (Wildman–Crippen MR) is 155 cm³/mol. The summed E-state index contributed by atoms with van der Waals surface area (Å²) in [6, 6.07) is 13.9. The van der Waals surface area contributed by atoms with Crippen LogP contribution in [0.2, 0.25) is 0 Å². The quantitative estimate of drug-likeness (QED) is 0.136.